The summed E-state index contributed by atoms with van der Waals surface area (Å²) >= 11 is 0.266. The molecule has 1 heterocycles. The van der Waals surface area contributed by atoms with Crippen LogP contribution in [0.3, 0.4) is 0 Å². The third-order valence-electron chi connectivity index (χ3n) is 1.23. The highest BCUT2D eigenvalue weighted by molar-refractivity contribution is 8.05. The molecule has 0 amide bonds. The molecule has 67 valence electrons. The van der Waals surface area contributed by atoms with Crippen molar-refractivity contribution < 1.29 is 23.1 Å². The van der Waals surface area contributed by atoms with E-state index in [9.17, 15) is 18.0 Å². The van der Waals surface area contributed by atoms with Crippen LogP contribution in [0.2, 0.25) is 0 Å². The lowest BCUT2D eigenvalue weighted by Gasteiger charge is -2.07. The number of carboxylic acid groups (broad SMARTS) is 1. The first kappa shape index (κ1) is 9.18. The summed E-state index contributed by atoms with van der Waals surface area (Å²) in [5.41, 5.74) is -1.72. The third-order valence-corrected chi connectivity index (χ3v) is 2.05. The molecule has 0 aromatic carbocycles. The van der Waals surface area contributed by atoms with E-state index < -0.39 is 23.3 Å². The van der Waals surface area contributed by atoms with Crippen molar-refractivity contribution in [2.75, 3.05) is 0 Å². The van der Waals surface area contributed by atoms with Gasteiger partial charge in [0.25, 0.3) is 0 Å². The van der Waals surface area contributed by atoms with Gasteiger partial charge in [-0.25, -0.2) is 4.79 Å². The molecule has 0 saturated heterocycles. The Morgan fingerprint density at radius 2 is 2.00 bits per heavy atom. The average Bonchev–Trinajstić information content (AvgIpc) is 2.30. The predicted molar refractivity (Wildman–Crippen MR) is 38.8 cm³/mol. The van der Waals surface area contributed by atoms with Crippen molar-refractivity contribution >= 4 is 17.7 Å². The van der Waals surface area contributed by atoms with Crippen LogP contribution in [0.5, 0.6) is 0 Å². The molecule has 1 aliphatic heterocycles. The van der Waals surface area contributed by atoms with E-state index in [0.717, 1.165) is 10.8 Å². The number of thiol groups is 1. The first-order valence-corrected chi connectivity index (χ1v) is 3.87. The maximum Gasteiger partial charge on any atom is 0.417 e. The minimum Gasteiger partial charge on any atom is -0.478 e. The fourth-order valence-corrected chi connectivity index (χ4v) is 1.63. The van der Waals surface area contributed by atoms with Gasteiger partial charge in [0, 0.05) is 0 Å². The lowest BCUT2D eigenvalue weighted by atomic mass is 10.1. The molecule has 1 N–H and O–H groups in total. The van der Waals surface area contributed by atoms with Crippen molar-refractivity contribution in [2.45, 2.75) is 6.18 Å². The van der Waals surface area contributed by atoms with Crippen LogP contribution in [0.15, 0.2) is 22.0 Å². The predicted octanol–water partition coefficient (Wildman–Crippen LogP) is 1.88. The van der Waals surface area contributed by atoms with Crippen molar-refractivity contribution in [3.05, 3.63) is 22.0 Å². The van der Waals surface area contributed by atoms with E-state index in [-0.39, 0.29) is 11.8 Å². The number of aliphatic carboxylic acids is 1. The molecule has 1 rings (SSSR count). The van der Waals surface area contributed by atoms with Crippen molar-refractivity contribution in [3.8, 4) is 0 Å². The zero-order valence-electron chi connectivity index (χ0n) is 5.59. The molecule has 0 aromatic rings. The molecule has 0 unspecified atom stereocenters. The summed E-state index contributed by atoms with van der Waals surface area (Å²) in [4.78, 5) is 10.2. The van der Waals surface area contributed by atoms with Crippen LogP contribution in [0.25, 0.3) is 0 Å². The second-order valence-electron chi connectivity index (χ2n) is 2.04. The molecule has 0 saturated carbocycles. The second kappa shape index (κ2) is 2.85. The first-order chi connectivity index (χ1) is 5.43. The highest BCUT2D eigenvalue weighted by Crippen LogP contribution is 2.38. The fraction of sp³-hybridized carbons (Fsp3) is 0.167. The number of hydrogen-bond acceptors (Lipinski definition) is 1. The Balaban J connectivity index is 2.96. The van der Waals surface area contributed by atoms with Gasteiger partial charge in [0.15, 0.2) is 0 Å². The quantitative estimate of drug-likeness (QED) is 0.630. The van der Waals surface area contributed by atoms with E-state index in [2.05, 4.69) is 0 Å². The topological polar surface area (TPSA) is 37.3 Å². The molecule has 1 radical (unpaired) electrons. The second-order valence-corrected chi connectivity index (χ2v) is 2.85. The zero-order valence-corrected chi connectivity index (χ0v) is 6.49. The van der Waals surface area contributed by atoms with Gasteiger partial charge in [-0.15, -0.1) is 0 Å². The largest absolute Gasteiger partial charge is 0.478 e. The number of carbonyl (C=O) groups is 1. The number of hydrogen-bond donors (Lipinski definition) is 2. The van der Waals surface area contributed by atoms with Gasteiger partial charge in [0.1, 0.15) is 0 Å². The van der Waals surface area contributed by atoms with Crippen LogP contribution in [0, 0.1) is 0 Å². The van der Waals surface area contributed by atoms with E-state index in [1.165, 1.54) is 0 Å². The van der Waals surface area contributed by atoms with Gasteiger partial charge in [0.2, 0.25) is 0 Å². The summed E-state index contributed by atoms with van der Waals surface area (Å²) in [7, 11) is 0. The Bertz CT molecular complexity index is 277. The minimum absolute atomic E-state index is 0.266. The van der Waals surface area contributed by atoms with E-state index in [4.69, 9.17) is 5.11 Å². The average molecular weight is 197 g/mol. The SMILES string of the molecule is O=C(O)C1=C[SH]C=C1C(F)(F)F. The summed E-state index contributed by atoms with van der Waals surface area (Å²) in [6.45, 7) is 0. The summed E-state index contributed by atoms with van der Waals surface area (Å²) < 4.78 is 36.0. The van der Waals surface area contributed by atoms with E-state index in [1.54, 1.807) is 0 Å². The van der Waals surface area contributed by atoms with Gasteiger partial charge in [-0.05, 0) is 10.8 Å². The van der Waals surface area contributed by atoms with Crippen LogP contribution in [-0.4, -0.2) is 17.3 Å². The van der Waals surface area contributed by atoms with Gasteiger partial charge < -0.3 is 5.11 Å². The number of rotatable bonds is 1. The van der Waals surface area contributed by atoms with Gasteiger partial charge in [-0.3, -0.25) is 0 Å². The Kier molecular flexibility index (Phi) is 2.18. The molecule has 0 atom stereocenters. The third kappa shape index (κ3) is 1.63. The smallest absolute Gasteiger partial charge is 0.417 e. The molecule has 0 spiro atoms. The van der Waals surface area contributed by atoms with Crippen molar-refractivity contribution in [1.82, 2.24) is 0 Å². The fourth-order valence-electron chi connectivity index (χ4n) is 0.722. The molecular weight excluding hydrogens is 193 g/mol. The molecule has 12 heavy (non-hydrogen) atoms. The Hall–Kier alpha value is -0.910. The van der Waals surface area contributed by atoms with Crippen molar-refractivity contribution in [1.29, 1.82) is 0 Å². The highest BCUT2D eigenvalue weighted by Gasteiger charge is 2.39. The minimum atomic E-state index is -4.56. The Labute approximate surface area is 69.8 Å². The van der Waals surface area contributed by atoms with Gasteiger partial charge in [-0.1, -0.05) is 0 Å². The van der Waals surface area contributed by atoms with Gasteiger partial charge in [0.05, 0.1) is 11.1 Å². The van der Waals surface area contributed by atoms with Crippen LogP contribution in [0.1, 0.15) is 0 Å². The van der Waals surface area contributed by atoms with Crippen LogP contribution in [0.4, 0.5) is 13.2 Å². The number of alkyl halides is 3. The summed E-state index contributed by atoms with van der Waals surface area (Å²) in [5, 5.41) is 10.2. The van der Waals surface area contributed by atoms with E-state index in [1.807, 2.05) is 0 Å². The zero-order chi connectivity index (χ0) is 9.35. The van der Waals surface area contributed by atoms with Gasteiger partial charge in [-0.2, -0.15) is 24.9 Å². The molecule has 1 aliphatic rings. The molecule has 0 fully saturated rings. The lowest BCUT2D eigenvalue weighted by molar-refractivity contribution is -0.134. The molecule has 0 bridgehead atoms. The normalized spacial score (nSPS) is 17.2. The van der Waals surface area contributed by atoms with Crippen molar-refractivity contribution in [3.63, 3.8) is 0 Å². The summed E-state index contributed by atoms with van der Waals surface area (Å²) in [6, 6.07) is 0. The van der Waals surface area contributed by atoms with Crippen LogP contribution >= 0.6 is 11.8 Å². The summed E-state index contributed by atoms with van der Waals surface area (Å²) in [5.74, 6) is -1.54. The van der Waals surface area contributed by atoms with Gasteiger partial charge >= 0.3 is 12.1 Å². The standard InChI is InChI=1S/C6H4F3O2S/c7-6(8,9)4-2-12-1-3(4)5(10)11/h1-2,12H,(H,10,11). The molecule has 0 aromatic heterocycles. The van der Waals surface area contributed by atoms with Crippen LogP contribution in [-0.2, 0) is 4.79 Å². The van der Waals surface area contributed by atoms with Crippen LogP contribution < -0.4 is 0 Å². The monoisotopic (exact) mass is 197 g/mol. The van der Waals surface area contributed by atoms with E-state index in [0.29, 0.717) is 0 Å². The molecule has 2 nitrogen and oxygen atoms in total. The number of carboxylic acids is 1. The Morgan fingerprint density at radius 3 is 2.33 bits per heavy atom. The van der Waals surface area contributed by atoms with E-state index >= 15 is 0 Å². The molecular formula is C6H4F3O2S. The molecule has 6 heteroatoms. The van der Waals surface area contributed by atoms with Crippen molar-refractivity contribution in [2.24, 2.45) is 0 Å². The molecule has 0 aliphatic carbocycles. The maximum absolute atomic E-state index is 12.0. The highest BCUT2D eigenvalue weighted by atomic mass is 32.2. The Morgan fingerprint density at radius 1 is 1.42 bits per heavy atom. The lowest BCUT2D eigenvalue weighted by Crippen LogP contribution is -2.16. The first-order valence-electron chi connectivity index (χ1n) is 2.84. The number of halogens is 3. The summed E-state index contributed by atoms with van der Waals surface area (Å²) in [6.07, 6.45) is -4.56. The maximum atomic E-state index is 12.0.